The summed E-state index contributed by atoms with van der Waals surface area (Å²) in [6.07, 6.45) is 1.77. The van der Waals surface area contributed by atoms with E-state index < -0.39 is 18.1 Å². The van der Waals surface area contributed by atoms with Gasteiger partial charge in [0.15, 0.2) is 0 Å². The third-order valence-electron chi connectivity index (χ3n) is 4.17. The molecule has 24 heavy (non-hydrogen) atoms. The molecule has 7 heteroatoms. The Morgan fingerprint density at radius 1 is 1.50 bits per heavy atom. The Morgan fingerprint density at radius 2 is 2.21 bits per heavy atom. The van der Waals surface area contributed by atoms with Crippen molar-refractivity contribution in [2.75, 3.05) is 18.0 Å². The quantitative estimate of drug-likeness (QED) is 0.799. The molecule has 2 unspecified atom stereocenters. The van der Waals surface area contributed by atoms with Crippen molar-refractivity contribution in [2.24, 2.45) is 0 Å². The largest absolute Gasteiger partial charge is 0.433 e. The summed E-state index contributed by atoms with van der Waals surface area (Å²) >= 11 is 0. The summed E-state index contributed by atoms with van der Waals surface area (Å²) in [7, 11) is 0. The van der Waals surface area contributed by atoms with E-state index in [9.17, 15) is 18.7 Å². The number of amides is 1. The van der Waals surface area contributed by atoms with Gasteiger partial charge in [0, 0.05) is 19.1 Å². The second-order valence-corrected chi connectivity index (χ2v) is 6.28. The van der Waals surface area contributed by atoms with Crippen molar-refractivity contribution >= 4 is 11.6 Å². The third kappa shape index (κ3) is 4.56. The van der Waals surface area contributed by atoms with E-state index in [0.29, 0.717) is 38.0 Å². The fraction of sp³-hybridized carbons (Fsp3) is 0.588. The zero-order chi connectivity index (χ0) is 17.7. The maximum Gasteiger partial charge on any atom is 0.387 e. The van der Waals surface area contributed by atoms with Gasteiger partial charge in [-0.05, 0) is 31.9 Å². The van der Waals surface area contributed by atoms with Crippen LogP contribution in [-0.2, 0) is 4.79 Å². The summed E-state index contributed by atoms with van der Waals surface area (Å²) in [5, 5.41) is 13.0. The van der Waals surface area contributed by atoms with Gasteiger partial charge in [0.25, 0.3) is 5.91 Å². The predicted molar refractivity (Wildman–Crippen MR) is 87.4 cm³/mol. The van der Waals surface area contributed by atoms with Crippen molar-refractivity contribution in [3.8, 4) is 5.75 Å². The molecule has 0 bridgehead atoms. The van der Waals surface area contributed by atoms with Gasteiger partial charge in [0.2, 0.25) is 0 Å². The first kappa shape index (κ1) is 18.4. The average molecular weight is 342 g/mol. The fourth-order valence-electron chi connectivity index (χ4n) is 2.95. The van der Waals surface area contributed by atoms with Gasteiger partial charge in [0.05, 0.1) is 5.69 Å². The maximum absolute atomic E-state index is 12.5. The van der Waals surface area contributed by atoms with Crippen LogP contribution in [0, 0.1) is 0 Å². The predicted octanol–water partition coefficient (Wildman–Crippen LogP) is 2.53. The molecule has 1 heterocycles. The number of rotatable bonds is 7. The third-order valence-corrected chi connectivity index (χ3v) is 4.17. The van der Waals surface area contributed by atoms with Gasteiger partial charge in [-0.15, -0.1) is 0 Å². The van der Waals surface area contributed by atoms with Gasteiger partial charge >= 0.3 is 6.61 Å². The molecule has 134 valence electrons. The molecule has 0 saturated carbocycles. The van der Waals surface area contributed by atoms with Crippen LogP contribution in [0.25, 0.3) is 0 Å². The number of alkyl halides is 2. The minimum absolute atomic E-state index is 0.123. The number of aliphatic hydroxyl groups is 1. The molecule has 1 aromatic rings. The zero-order valence-corrected chi connectivity index (χ0v) is 14.0. The normalized spacial score (nSPS) is 20.1. The molecule has 1 saturated heterocycles. The SMILES string of the molecule is CCCC(C)(O)C(=O)NC1CCN(c2ccccc2OC(F)F)C1. The van der Waals surface area contributed by atoms with E-state index in [-0.39, 0.29) is 11.8 Å². The molecular formula is C17H24F2N2O3. The van der Waals surface area contributed by atoms with Gasteiger partial charge in [0.1, 0.15) is 11.4 Å². The molecule has 1 amide bonds. The van der Waals surface area contributed by atoms with Gasteiger partial charge < -0.3 is 20.1 Å². The van der Waals surface area contributed by atoms with Crippen LogP contribution in [0.5, 0.6) is 5.75 Å². The smallest absolute Gasteiger partial charge is 0.387 e. The van der Waals surface area contributed by atoms with Crippen molar-refractivity contribution in [2.45, 2.75) is 51.4 Å². The van der Waals surface area contributed by atoms with Crippen LogP contribution < -0.4 is 15.0 Å². The molecule has 0 aliphatic carbocycles. The number of para-hydroxylation sites is 2. The van der Waals surface area contributed by atoms with Gasteiger partial charge in [-0.25, -0.2) is 0 Å². The summed E-state index contributed by atoms with van der Waals surface area (Å²) in [6.45, 7) is 1.62. The van der Waals surface area contributed by atoms with E-state index in [1.54, 1.807) is 18.2 Å². The molecule has 5 nitrogen and oxygen atoms in total. The molecule has 2 rings (SSSR count). The highest BCUT2D eigenvalue weighted by atomic mass is 19.3. The zero-order valence-electron chi connectivity index (χ0n) is 14.0. The van der Waals surface area contributed by atoms with Crippen molar-refractivity contribution in [1.29, 1.82) is 0 Å². The standard InChI is InChI=1S/C17H24F2N2O3/c1-3-9-17(2,23)15(22)20-12-8-10-21(11-12)13-6-4-5-7-14(13)24-16(18)19/h4-7,12,16,23H,3,8-11H2,1-2H3,(H,20,22). The van der Waals surface area contributed by atoms with Crippen molar-refractivity contribution in [1.82, 2.24) is 5.32 Å². The molecule has 1 aliphatic rings. The lowest BCUT2D eigenvalue weighted by Gasteiger charge is -2.25. The molecule has 1 aliphatic heterocycles. The summed E-state index contributed by atoms with van der Waals surface area (Å²) in [5.41, 5.74) is -0.811. The number of benzene rings is 1. The number of hydrogen-bond donors (Lipinski definition) is 2. The Balaban J connectivity index is 2.00. The fourth-order valence-corrected chi connectivity index (χ4v) is 2.95. The van der Waals surface area contributed by atoms with Crippen LogP contribution in [0.4, 0.5) is 14.5 Å². The highest BCUT2D eigenvalue weighted by Crippen LogP contribution is 2.31. The number of anilines is 1. The first-order valence-corrected chi connectivity index (χ1v) is 8.15. The van der Waals surface area contributed by atoms with E-state index in [4.69, 9.17) is 0 Å². The summed E-state index contributed by atoms with van der Waals surface area (Å²) < 4.78 is 29.6. The maximum atomic E-state index is 12.5. The highest BCUT2D eigenvalue weighted by Gasteiger charge is 2.33. The minimum atomic E-state index is -2.88. The number of nitrogens with one attached hydrogen (secondary N) is 1. The molecular weight excluding hydrogens is 318 g/mol. The number of ether oxygens (including phenoxy) is 1. The molecule has 0 spiro atoms. The van der Waals surface area contributed by atoms with Crippen molar-refractivity contribution in [3.05, 3.63) is 24.3 Å². The molecule has 2 N–H and O–H groups in total. The lowest BCUT2D eigenvalue weighted by Crippen LogP contribution is -2.49. The second kappa shape index (κ2) is 7.79. The Bertz CT molecular complexity index is 567. The Labute approximate surface area is 140 Å². The van der Waals surface area contributed by atoms with E-state index in [0.717, 1.165) is 0 Å². The number of halogens is 2. The first-order chi connectivity index (χ1) is 11.3. The first-order valence-electron chi connectivity index (χ1n) is 8.15. The van der Waals surface area contributed by atoms with Gasteiger partial charge in [-0.3, -0.25) is 4.79 Å². The van der Waals surface area contributed by atoms with Crippen molar-refractivity contribution in [3.63, 3.8) is 0 Å². The van der Waals surface area contributed by atoms with E-state index in [2.05, 4.69) is 10.1 Å². The Kier molecular flexibility index (Phi) is 5.99. The average Bonchev–Trinajstić information content (AvgIpc) is 2.95. The molecule has 2 atom stereocenters. The monoisotopic (exact) mass is 342 g/mol. The van der Waals surface area contributed by atoms with E-state index in [1.807, 2.05) is 11.8 Å². The van der Waals surface area contributed by atoms with Crippen LogP contribution >= 0.6 is 0 Å². The van der Waals surface area contributed by atoms with Crippen LogP contribution in [-0.4, -0.2) is 42.4 Å². The van der Waals surface area contributed by atoms with Crippen LogP contribution in [0.2, 0.25) is 0 Å². The van der Waals surface area contributed by atoms with Gasteiger partial charge in [-0.1, -0.05) is 25.5 Å². The second-order valence-electron chi connectivity index (χ2n) is 6.28. The summed E-state index contributed by atoms with van der Waals surface area (Å²) in [6, 6.07) is 6.47. The summed E-state index contributed by atoms with van der Waals surface area (Å²) in [5.74, 6) is -0.272. The Hall–Kier alpha value is -1.89. The lowest BCUT2D eigenvalue weighted by atomic mass is 9.99. The topological polar surface area (TPSA) is 61.8 Å². The van der Waals surface area contributed by atoms with Gasteiger partial charge in [-0.2, -0.15) is 8.78 Å². The number of nitrogens with zero attached hydrogens (tertiary/aromatic N) is 1. The lowest BCUT2D eigenvalue weighted by molar-refractivity contribution is -0.139. The van der Waals surface area contributed by atoms with Crippen LogP contribution in [0.15, 0.2) is 24.3 Å². The number of carbonyl (C=O) groups is 1. The van der Waals surface area contributed by atoms with E-state index >= 15 is 0 Å². The van der Waals surface area contributed by atoms with Crippen LogP contribution in [0.1, 0.15) is 33.1 Å². The Morgan fingerprint density at radius 3 is 2.88 bits per heavy atom. The number of carbonyl (C=O) groups excluding carboxylic acids is 1. The molecule has 1 aromatic carbocycles. The number of hydrogen-bond acceptors (Lipinski definition) is 4. The van der Waals surface area contributed by atoms with E-state index in [1.165, 1.54) is 13.0 Å². The summed E-state index contributed by atoms with van der Waals surface area (Å²) in [4.78, 5) is 14.1. The highest BCUT2D eigenvalue weighted by molar-refractivity contribution is 5.84. The minimum Gasteiger partial charge on any atom is -0.433 e. The van der Waals surface area contributed by atoms with Crippen LogP contribution in [0.3, 0.4) is 0 Å². The molecule has 0 radical (unpaired) electrons. The molecule has 1 fully saturated rings. The van der Waals surface area contributed by atoms with Crippen molar-refractivity contribution < 1.29 is 23.4 Å². The molecule has 0 aromatic heterocycles.